The summed E-state index contributed by atoms with van der Waals surface area (Å²) >= 11 is 0. The molecule has 2 aliphatic rings. The van der Waals surface area contributed by atoms with Crippen LogP contribution in [0.2, 0.25) is 0 Å². The van der Waals surface area contributed by atoms with Crippen LogP contribution in [0.3, 0.4) is 0 Å². The van der Waals surface area contributed by atoms with E-state index in [2.05, 4.69) is 76.3 Å². The minimum absolute atomic E-state index is 0.786. The second-order valence-corrected chi connectivity index (χ2v) is 6.77. The van der Waals surface area contributed by atoms with Gasteiger partial charge in [-0.25, -0.2) is 0 Å². The SMILES string of the molecule is C1=CC(=C2C=CN=C2c2ccc(-c3ccccc3)n2Cc2ccccc2)N=C1. The van der Waals surface area contributed by atoms with Crippen molar-refractivity contribution < 1.29 is 0 Å². The summed E-state index contributed by atoms with van der Waals surface area (Å²) in [5.74, 6) is 0. The Hall–Kier alpha value is -3.72. The summed E-state index contributed by atoms with van der Waals surface area (Å²) in [6.07, 6.45) is 9.72. The highest BCUT2D eigenvalue weighted by atomic mass is 15.0. The molecule has 1 aromatic heterocycles. The predicted octanol–water partition coefficient (Wildman–Crippen LogP) is 5.41. The number of rotatable bonds is 4. The lowest BCUT2D eigenvalue weighted by Gasteiger charge is -2.15. The van der Waals surface area contributed by atoms with Gasteiger partial charge in [0.05, 0.1) is 17.1 Å². The van der Waals surface area contributed by atoms with Gasteiger partial charge in [-0.15, -0.1) is 0 Å². The summed E-state index contributed by atoms with van der Waals surface area (Å²) in [4.78, 5) is 9.17. The van der Waals surface area contributed by atoms with Crippen molar-refractivity contribution in [2.75, 3.05) is 0 Å². The molecule has 0 amide bonds. The maximum Gasteiger partial charge on any atom is 0.0961 e. The first-order chi connectivity index (χ1) is 13.9. The van der Waals surface area contributed by atoms with E-state index in [0.717, 1.165) is 29.2 Å². The number of aromatic nitrogens is 1. The van der Waals surface area contributed by atoms with Gasteiger partial charge in [0, 0.05) is 30.2 Å². The third-order valence-corrected chi connectivity index (χ3v) is 5.01. The molecule has 2 aliphatic heterocycles. The Labute approximate surface area is 164 Å². The number of aliphatic imine (C=N–C) groups is 2. The van der Waals surface area contributed by atoms with E-state index in [9.17, 15) is 0 Å². The first-order valence-electron chi connectivity index (χ1n) is 9.39. The maximum atomic E-state index is 4.69. The van der Waals surface area contributed by atoms with Gasteiger partial charge >= 0.3 is 0 Å². The van der Waals surface area contributed by atoms with E-state index < -0.39 is 0 Å². The molecule has 5 rings (SSSR count). The van der Waals surface area contributed by atoms with Crippen LogP contribution in [0, 0.1) is 0 Å². The fourth-order valence-corrected chi connectivity index (χ4v) is 3.68. The highest BCUT2D eigenvalue weighted by Crippen LogP contribution is 2.29. The molecule has 0 atom stereocenters. The standard InChI is InChI=1S/C25H19N3/c1-3-8-19(9-4-1)18-28-23(20-10-5-2-6-11-20)13-14-24(28)25-21(15-17-27-25)22-12-7-16-26-22/h1-17H,18H2. The molecule has 3 heterocycles. The Morgan fingerprint density at radius 2 is 1.50 bits per heavy atom. The quantitative estimate of drug-likeness (QED) is 0.594. The van der Waals surface area contributed by atoms with Crippen molar-refractivity contribution in [2.24, 2.45) is 9.98 Å². The third kappa shape index (κ3) is 2.97. The molecule has 0 unspecified atom stereocenters. The Kier molecular flexibility index (Phi) is 4.19. The largest absolute Gasteiger partial charge is 0.335 e. The first kappa shape index (κ1) is 16.5. The van der Waals surface area contributed by atoms with Crippen LogP contribution < -0.4 is 0 Å². The minimum Gasteiger partial charge on any atom is -0.335 e. The highest BCUT2D eigenvalue weighted by molar-refractivity contribution is 6.16. The van der Waals surface area contributed by atoms with Crippen molar-refractivity contribution in [1.29, 1.82) is 0 Å². The molecule has 2 aromatic carbocycles. The molecule has 0 radical (unpaired) electrons. The summed E-state index contributed by atoms with van der Waals surface area (Å²) < 4.78 is 2.35. The van der Waals surface area contributed by atoms with Gasteiger partial charge in [0.25, 0.3) is 0 Å². The van der Waals surface area contributed by atoms with Crippen LogP contribution in [0.15, 0.2) is 118 Å². The van der Waals surface area contributed by atoms with Gasteiger partial charge in [0.15, 0.2) is 0 Å². The van der Waals surface area contributed by atoms with Crippen LogP contribution in [0.1, 0.15) is 11.3 Å². The van der Waals surface area contributed by atoms with Gasteiger partial charge in [-0.05, 0) is 41.5 Å². The smallest absolute Gasteiger partial charge is 0.0961 e. The van der Waals surface area contributed by atoms with Crippen molar-refractivity contribution in [3.63, 3.8) is 0 Å². The molecule has 0 fully saturated rings. The zero-order chi connectivity index (χ0) is 18.8. The van der Waals surface area contributed by atoms with Gasteiger partial charge < -0.3 is 4.57 Å². The summed E-state index contributed by atoms with van der Waals surface area (Å²) in [6, 6.07) is 25.4. The van der Waals surface area contributed by atoms with Crippen LogP contribution in [0.25, 0.3) is 11.3 Å². The van der Waals surface area contributed by atoms with Crippen LogP contribution in [0.4, 0.5) is 0 Å². The summed E-state index contributed by atoms with van der Waals surface area (Å²) in [5, 5.41) is 0. The molecule has 0 aliphatic carbocycles. The summed E-state index contributed by atoms with van der Waals surface area (Å²) in [6.45, 7) is 0.786. The van der Waals surface area contributed by atoms with Crippen molar-refractivity contribution >= 4 is 11.9 Å². The van der Waals surface area contributed by atoms with E-state index in [1.165, 1.54) is 16.8 Å². The van der Waals surface area contributed by atoms with Crippen molar-refractivity contribution in [3.05, 3.63) is 120 Å². The number of hydrogen-bond acceptors (Lipinski definition) is 2. The molecule has 0 N–H and O–H groups in total. The van der Waals surface area contributed by atoms with E-state index in [-0.39, 0.29) is 0 Å². The summed E-state index contributed by atoms with van der Waals surface area (Å²) in [5.41, 5.74) is 7.74. The number of nitrogens with zero attached hydrogens (tertiary/aromatic N) is 3. The Balaban J connectivity index is 1.64. The van der Waals surface area contributed by atoms with E-state index in [4.69, 9.17) is 4.99 Å². The lowest BCUT2D eigenvalue weighted by atomic mass is 10.1. The normalized spacial score (nSPS) is 17.5. The van der Waals surface area contributed by atoms with E-state index in [0.29, 0.717) is 0 Å². The maximum absolute atomic E-state index is 4.69. The molecule has 134 valence electrons. The molecule has 3 aromatic rings. The Morgan fingerprint density at radius 1 is 0.750 bits per heavy atom. The number of hydrogen-bond donors (Lipinski definition) is 0. The predicted molar refractivity (Wildman–Crippen MR) is 116 cm³/mol. The zero-order valence-corrected chi connectivity index (χ0v) is 15.4. The Morgan fingerprint density at radius 3 is 2.25 bits per heavy atom. The molecule has 0 spiro atoms. The second kappa shape index (κ2) is 7.12. The molecule has 3 nitrogen and oxygen atoms in total. The minimum atomic E-state index is 0.786. The fraction of sp³-hybridized carbons (Fsp3) is 0.0400. The topological polar surface area (TPSA) is 29.6 Å². The van der Waals surface area contributed by atoms with Crippen molar-refractivity contribution in [1.82, 2.24) is 4.57 Å². The van der Waals surface area contributed by atoms with Gasteiger partial charge in [-0.2, -0.15) is 0 Å². The Bertz CT molecular complexity index is 1140. The molecule has 3 heteroatoms. The summed E-state index contributed by atoms with van der Waals surface area (Å²) in [7, 11) is 0. The van der Waals surface area contributed by atoms with Crippen LogP contribution in [-0.2, 0) is 6.54 Å². The number of allylic oxidation sites excluding steroid dienone is 4. The van der Waals surface area contributed by atoms with Gasteiger partial charge in [0.2, 0.25) is 0 Å². The molecular formula is C25H19N3. The van der Waals surface area contributed by atoms with Crippen molar-refractivity contribution in [2.45, 2.75) is 6.54 Å². The lowest BCUT2D eigenvalue weighted by Crippen LogP contribution is -2.13. The molecule has 0 saturated carbocycles. The van der Waals surface area contributed by atoms with Crippen molar-refractivity contribution in [3.8, 4) is 11.3 Å². The van der Waals surface area contributed by atoms with Gasteiger partial charge in [0.1, 0.15) is 0 Å². The van der Waals surface area contributed by atoms with E-state index >= 15 is 0 Å². The number of benzene rings is 2. The first-order valence-corrected chi connectivity index (χ1v) is 9.39. The molecule has 28 heavy (non-hydrogen) atoms. The third-order valence-electron chi connectivity index (χ3n) is 5.01. The van der Waals surface area contributed by atoms with E-state index in [1.54, 1.807) is 0 Å². The average molecular weight is 361 g/mol. The average Bonchev–Trinajstić information content (AvgIpc) is 3.49. The van der Waals surface area contributed by atoms with Crippen LogP contribution >= 0.6 is 0 Å². The second-order valence-electron chi connectivity index (χ2n) is 6.77. The van der Waals surface area contributed by atoms with E-state index in [1.807, 2.05) is 36.7 Å². The van der Waals surface area contributed by atoms with Gasteiger partial charge in [-0.3, -0.25) is 9.98 Å². The molecular weight excluding hydrogens is 342 g/mol. The lowest BCUT2D eigenvalue weighted by molar-refractivity contribution is 0.806. The van der Waals surface area contributed by atoms with Crippen LogP contribution in [-0.4, -0.2) is 16.5 Å². The van der Waals surface area contributed by atoms with Gasteiger partial charge in [-0.1, -0.05) is 60.7 Å². The molecule has 0 bridgehead atoms. The monoisotopic (exact) mass is 361 g/mol. The zero-order valence-electron chi connectivity index (χ0n) is 15.4. The fourth-order valence-electron chi connectivity index (χ4n) is 3.68. The highest BCUT2D eigenvalue weighted by Gasteiger charge is 2.21. The van der Waals surface area contributed by atoms with Crippen LogP contribution in [0.5, 0.6) is 0 Å². The molecule has 0 saturated heterocycles.